The van der Waals surface area contributed by atoms with Crippen LogP contribution in [0, 0.1) is 5.41 Å². The van der Waals surface area contributed by atoms with E-state index < -0.39 is 4.96 Å². The lowest BCUT2D eigenvalue weighted by molar-refractivity contribution is -0.120. The molecule has 100 valence electrons. The number of hydrogen-bond acceptors (Lipinski definition) is 2. The molecule has 0 aliphatic carbocycles. The highest BCUT2D eigenvalue weighted by Gasteiger charge is 2.26. The molecular weight excluding hydrogens is 273 g/mol. The molecule has 5 heteroatoms. The first-order valence-electron chi connectivity index (χ1n) is 5.60. The highest BCUT2D eigenvalue weighted by molar-refractivity contribution is 6.47. The Bertz CT molecular complexity index is 410. The predicted octanol–water partition coefficient (Wildman–Crippen LogP) is 3.92. The minimum absolute atomic E-state index is 0.127. The first kappa shape index (κ1) is 15.1. The number of nitrogens with zero attached hydrogens (tertiary/aromatic N) is 1. The Morgan fingerprint density at radius 1 is 1.28 bits per heavy atom. The Morgan fingerprint density at radius 3 is 2.17 bits per heavy atom. The summed E-state index contributed by atoms with van der Waals surface area (Å²) < 4.78 is 0. The number of amides is 1. The van der Waals surface area contributed by atoms with Gasteiger partial charge in [0.1, 0.15) is 5.75 Å². The second-order valence-corrected chi connectivity index (χ2v) is 6.35. The molecule has 0 unspecified atom stereocenters. The molecule has 0 fully saturated rings. The van der Waals surface area contributed by atoms with E-state index >= 15 is 0 Å². The number of hydrogen-bond donors (Lipinski definition) is 1. The highest BCUT2D eigenvalue weighted by Crippen LogP contribution is 2.28. The zero-order valence-electron chi connectivity index (χ0n) is 10.7. The number of carbonyl (C=O) groups is 1. The maximum Gasteiger partial charge on any atom is 0.229 e. The van der Waals surface area contributed by atoms with Crippen molar-refractivity contribution < 1.29 is 9.90 Å². The summed E-state index contributed by atoms with van der Waals surface area (Å²) in [6.45, 7) is 5.91. The van der Waals surface area contributed by atoms with Gasteiger partial charge in [-0.25, -0.2) is 0 Å². The molecule has 0 radical (unpaired) electrons. The van der Waals surface area contributed by atoms with E-state index in [4.69, 9.17) is 23.2 Å². The van der Waals surface area contributed by atoms with Crippen molar-refractivity contribution in [2.45, 2.75) is 32.2 Å². The first-order chi connectivity index (χ1) is 8.20. The van der Waals surface area contributed by atoms with Crippen molar-refractivity contribution in [3.63, 3.8) is 0 Å². The fourth-order valence-electron chi connectivity index (χ4n) is 1.52. The lowest BCUT2D eigenvalue weighted by Crippen LogP contribution is -2.36. The van der Waals surface area contributed by atoms with Crippen LogP contribution in [0.2, 0.25) is 0 Å². The van der Waals surface area contributed by atoms with Crippen molar-refractivity contribution in [2.24, 2.45) is 5.41 Å². The number of halogens is 2. The molecule has 1 aromatic carbocycles. The average Bonchev–Trinajstić information content (AvgIpc) is 2.18. The van der Waals surface area contributed by atoms with Gasteiger partial charge in [0, 0.05) is 12.1 Å². The highest BCUT2D eigenvalue weighted by atomic mass is 35.5. The zero-order valence-corrected chi connectivity index (χ0v) is 12.2. The number of benzene rings is 1. The summed E-state index contributed by atoms with van der Waals surface area (Å²) in [5.74, 6) is -0.0224. The van der Waals surface area contributed by atoms with E-state index in [0.717, 1.165) is 0 Å². The smallest absolute Gasteiger partial charge is 0.229 e. The number of carbonyl (C=O) groups excluding carboxylic acids is 1. The minimum Gasteiger partial charge on any atom is -0.508 e. The van der Waals surface area contributed by atoms with Gasteiger partial charge in [0.15, 0.2) is 4.96 Å². The Balaban J connectivity index is 2.96. The van der Waals surface area contributed by atoms with Gasteiger partial charge >= 0.3 is 0 Å². The summed E-state index contributed by atoms with van der Waals surface area (Å²) in [6.07, 6.45) is 0.337. The second kappa shape index (κ2) is 5.81. The fraction of sp³-hybridized carbons (Fsp3) is 0.462. The fourth-order valence-corrected chi connectivity index (χ4v) is 1.96. The number of rotatable bonds is 3. The van der Waals surface area contributed by atoms with Gasteiger partial charge in [0.25, 0.3) is 0 Å². The largest absolute Gasteiger partial charge is 0.508 e. The van der Waals surface area contributed by atoms with Crippen LogP contribution in [0.3, 0.4) is 0 Å². The number of aromatic hydroxyl groups is 1. The molecule has 0 bridgehead atoms. The van der Waals surface area contributed by atoms with Gasteiger partial charge in [0.2, 0.25) is 5.91 Å². The second-order valence-electron chi connectivity index (χ2n) is 5.30. The number of anilines is 1. The van der Waals surface area contributed by atoms with E-state index in [0.29, 0.717) is 12.1 Å². The molecule has 18 heavy (non-hydrogen) atoms. The molecule has 0 aliphatic heterocycles. The molecular formula is C13H17Cl2NO2. The number of phenolic OH excluding ortho intramolecular Hbond substituents is 1. The Hall–Kier alpha value is -0.930. The standard InChI is InChI=1S/C13H17Cl2NO2/c1-13(2,3)8-11(18)16(12(14)15)9-4-6-10(17)7-5-9/h4-7,12,17H,8H2,1-3H3. The quantitative estimate of drug-likeness (QED) is 0.677. The summed E-state index contributed by atoms with van der Waals surface area (Å²) in [5.41, 5.74) is 0.423. The Morgan fingerprint density at radius 2 is 1.78 bits per heavy atom. The number of alkyl halides is 2. The van der Waals surface area contributed by atoms with Crippen LogP contribution in [-0.2, 0) is 4.79 Å². The third-order valence-electron chi connectivity index (χ3n) is 2.27. The number of phenols is 1. The van der Waals surface area contributed by atoms with Gasteiger partial charge in [0.05, 0.1) is 0 Å². The molecule has 3 nitrogen and oxygen atoms in total. The summed E-state index contributed by atoms with van der Waals surface area (Å²) in [5, 5.41) is 9.23. The van der Waals surface area contributed by atoms with Crippen LogP contribution in [0.15, 0.2) is 24.3 Å². The topological polar surface area (TPSA) is 40.5 Å². The molecule has 1 aromatic rings. The first-order valence-corrected chi connectivity index (χ1v) is 6.47. The molecule has 0 heterocycles. The normalized spacial score (nSPS) is 11.7. The van der Waals surface area contributed by atoms with Gasteiger partial charge in [-0.15, -0.1) is 0 Å². The monoisotopic (exact) mass is 289 g/mol. The van der Waals surface area contributed by atoms with Gasteiger partial charge < -0.3 is 5.11 Å². The Kier molecular flexibility index (Phi) is 4.88. The lowest BCUT2D eigenvalue weighted by atomic mass is 9.91. The average molecular weight is 290 g/mol. The van der Waals surface area contributed by atoms with Crippen molar-refractivity contribution in [3.05, 3.63) is 24.3 Å². The van der Waals surface area contributed by atoms with Crippen molar-refractivity contribution in [3.8, 4) is 5.75 Å². The SMILES string of the molecule is CC(C)(C)CC(=O)N(c1ccc(O)cc1)C(Cl)Cl. The molecule has 1 N–H and O–H groups in total. The summed E-state index contributed by atoms with van der Waals surface area (Å²) in [4.78, 5) is 12.5. The van der Waals surface area contributed by atoms with Crippen LogP contribution < -0.4 is 4.90 Å². The molecule has 0 saturated carbocycles. The van der Waals surface area contributed by atoms with Gasteiger partial charge in [-0.05, 0) is 29.7 Å². The third kappa shape index (κ3) is 4.39. The van der Waals surface area contributed by atoms with Crippen LogP contribution in [0.25, 0.3) is 0 Å². The van der Waals surface area contributed by atoms with E-state index in [1.54, 1.807) is 12.1 Å². The maximum absolute atomic E-state index is 12.2. The zero-order chi connectivity index (χ0) is 13.9. The van der Waals surface area contributed by atoms with Crippen LogP contribution in [-0.4, -0.2) is 16.0 Å². The van der Waals surface area contributed by atoms with Gasteiger partial charge in [-0.2, -0.15) is 0 Å². The molecule has 0 saturated heterocycles. The van der Waals surface area contributed by atoms with Crippen LogP contribution in [0.5, 0.6) is 5.75 Å². The maximum atomic E-state index is 12.2. The van der Waals surface area contributed by atoms with Crippen LogP contribution in [0.4, 0.5) is 5.69 Å². The van der Waals surface area contributed by atoms with Crippen molar-refractivity contribution in [1.29, 1.82) is 0 Å². The van der Waals surface area contributed by atoms with Crippen molar-refractivity contribution in [2.75, 3.05) is 4.90 Å². The molecule has 0 atom stereocenters. The Labute approximate surface area is 117 Å². The minimum atomic E-state index is -0.954. The van der Waals surface area contributed by atoms with E-state index in [9.17, 15) is 9.90 Å². The van der Waals surface area contributed by atoms with Gasteiger partial charge in [-0.1, -0.05) is 44.0 Å². The van der Waals surface area contributed by atoms with E-state index in [-0.39, 0.29) is 17.1 Å². The summed E-state index contributed by atoms with van der Waals surface area (Å²) in [7, 11) is 0. The third-order valence-corrected chi connectivity index (χ3v) is 2.66. The lowest BCUT2D eigenvalue weighted by Gasteiger charge is -2.27. The molecule has 0 spiro atoms. The van der Waals surface area contributed by atoms with E-state index in [2.05, 4.69) is 0 Å². The summed E-state index contributed by atoms with van der Waals surface area (Å²) in [6, 6.07) is 6.19. The molecule has 1 rings (SSSR count). The van der Waals surface area contributed by atoms with Crippen molar-refractivity contribution >= 4 is 34.8 Å². The van der Waals surface area contributed by atoms with E-state index in [1.165, 1.54) is 17.0 Å². The van der Waals surface area contributed by atoms with Gasteiger partial charge in [-0.3, -0.25) is 9.69 Å². The van der Waals surface area contributed by atoms with Crippen LogP contribution >= 0.6 is 23.2 Å². The summed E-state index contributed by atoms with van der Waals surface area (Å²) >= 11 is 11.7. The molecule has 0 aliphatic rings. The predicted molar refractivity (Wildman–Crippen MR) is 75.2 cm³/mol. The van der Waals surface area contributed by atoms with Crippen LogP contribution in [0.1, 0.15) is 27.2 Å². The molecule has 1 amide bonds. The van der Waals surface area contributed by atoms with Crippen molar-refractivity contribution in [1.82, 2.24) is 0 Å². The van der Waals surface area contributed by atoms with E-state index in [1.807, 2.05) is 20.8 Å². The molecule has 0 aromatic heterocycles.